The molecule has 0 spiro atoms. The zero-order chi connectivity index (χ0) is 15.9. The molecular formula is C17H19N3O2. The van der Waals surface area contributed by atoms with Gasteiger partial charge < -0.3 is 9.73 Å². The Bertz CT molecular complexity index is 858. The van der Waals surface area contributed by atoms with Crippen LogP contribution in [0.15, 0.2) is 28.8 Å². The highest BCUT2D eigenvalue weighted by atomic mass is 16.3. The molecule has 0 unspecified atom stereocenters. The van der Waals surface area contributed by atoms with Gasteiger partial charge in [0.15, 0.2) is 5.76 Å². The standard InChI is InChI=1S/C17H19N3O2/c1-5-20-16(11(3)9-18-20)19-17(21)15-12(4)13-7-6-10(2)8-14(13)22-15/h6-9H,5H2,1-4H3,(H,19,21). The summed E-state index contributed by atoms with van der Waals surface area (Å²) in [7, 11) is 0. The summed E-state index contributed by atoms with van der Waals surface area (Å²) in [5.74, 6) is 0.817. The lowest BCUT2D eigenvalue weighted by atomic mass is 10.1. The summed E-state index contributed by atoms with van der Waals surface area (Å²) in [6.07, 6.45) is 1.74. The molecule has 1 amide bonds. The Morgan fingerprint density at radius 1 is 1.32 bits per heavy atom. The monoisotopic (exact) mass is 297 g/mol. The van der Waals surface area contributed by atoms with Crippen molar-refractivity contribution in [3.05, 3.63) is 46.8 Å². The van der Waals surface area contributed by atoms with E-state index in [1.807, 2.05) is 45.9 Å². The molecule has 0 aliphatic heterocycles. The maximum Gasteiger partial charge on any atom is 0.292 e. The first-order valence-electron chi connectivity index (χ1n) is 7.34. The quantitative estimate of drug-likeness (QED) is 0.799. The van der Waals surface area contributed by atoms with Gasteiger partial charge in [-0.15, -0.1) is 0 Å². The summed E-state index contributed by atoms with van der Waals surface area (Å²) in [5.41, 5.74) is 3.63. The molecule has 114 valence electrons. The minimum atomic E-state index is -0.246. The summed E-state index contributed by atoms with van der Waals surface area (Å²) in [6, 6.07) is 5.95. The number of carbonyl (C=O) groups is 1. The number of carbonyl (C=O) groups excluding carboxylic acids is 1. The molecule has 0 aliphatic carbocycles. The van der Waals surface area contributed by atoms with Gasteiger partial charge in [-0.2, -0.15) is 5.10 Å². The predicted octanol–water partition coefficient (Wildman–Crippen LogP) is 3.83. The minimum absolute atomic E-state index is 0.246. The topological polar surface area (TPSA) is 60.1 Å². The first kappa shape index (κ1) is 14.4. The smallest absolute Gasteiger partial charge is 0.292 e. The minimum Gasteiger partial charge on any atom is -0.451 e. The second kappa shape index (κ2) is 5.33. The largest absolute Gasteiger partial charge is 0.451 e. The van der Waals surface area contributed by atoms with Crippen LogP contribution in [0.3, 0.4) is 0 Å². The number of aryl methyl sites for hydroxylation is 4. The number of aromatic nitrogens is 2. The number of rotatable bonds is 3. The number of benzene rings is 1. The van der Waals surface area contributed by atoms with Crippen LogP contribution >= 0.6 is 0 Å². The fraction of sp³-hybridized carbons (Fsp3) is 0.294. The molecule has 0 bridgehead atoms. The summed E-state index contributed by atoms with van der Waals surface area (Å²) in [6.45, 7) is 8.50. The van der Waals surface area contributed by atoms with Crippen LogP contribution in [0, 0.1) is 20.8 Å². The number of nitrogens with one attached hydrogen (secondary N) is 1. The van der Waals surface area contributed by atoms with Crippen LogP contribution in [0.4, 0.5) is 5.82 Å². The van der Waals surface area contributed by atoms with Crippen molar-refractivity contribution in [3.63, 3.8) is 0 Å². The molecule has 3 aromatic rings. The van der Waals surface area contributed by atoms with Crippen molar-refractivity contribution < 1.29 is 9.21 Å². The molecule has 1 aromatic carbocycles. The summed E-state index contributed by atoms with van der Waals surface area (Å²) in [5, 5.41) is 8.11. The average Bonchev–Trinajstić information content (AvgIpc) is 3.00. The van der Waals surface area contributed by atoms with E-state index in [1.165, 1.54) is 0 Å². The molecule has 2 heterocycles. The van der Waals surface area contributed by atoms with Crippen molar-refractivity contribution in [3.8, 4) is 0 Å². The number of anilines is 1. The van der Waals surface area contributed by atoms with Crippen LogP contribution in [0.1, 0.15) is 34.2 Å². The molecule has 0 fully saturated rings. The lowest BCUT2D eigenvalue weighted by Crippen LogP contribution is -2.16. The molecule has 0 saturated heterocycles. The van der Waals surface area contributed by atoms with Crippen molar-refractivity contribution in [1.82, 2.24) is 9.78 Å². The van der Waals surface area contributed by atoms with Crippen molar-refractivity contribution in [2.24, 2.45) is 0 Å². The van der Waals surface area contributed by atoms with E-state index in [9.17, 15) is 4.79 Å². The fourth-order valence-corrected chi connectivity index (χ4v) is 2.60. The first-order valence-corrected chi connectivity index (χ1v) is 7.34. The second-order valence-corrected chi connectivity index (χ2v) is 5.50. The molecule has 0 saturated carbocycles. The van der Waals surface area contributed by atoms with E-state index in [0.29, 0.717) is 18.1 Å². The Morgan fingerprint density at radius 3 is 2.82 bits per heavy atom. The van der Waals surface area contributed by atoms with Crippen LogP contribution in [-0.4, -0.2) is 15.7 Å². The number of hydrogen-bond donors (Lipinski definition) is 1. The Morgan fingerprint density at radius 2 is 2.09 bits per heavy atom. The molecule has 5 heteroatoms. The molecule has 1 N–H and O–H groups in total. The Hall–Kier alpha value is -2.56. The van der Waals surface area contributed by atoms with E-state index in [-0.39, 0.29) is 5.91 Å². The first-order chi connectivity index (χ1) is 10.5. The molecule has 3 rings (SSSR count). The molecule has 22 heavy (non-hydrogen) atoms. The molecule has 0 radical (unpaired) electrons. The second-order valence-electron chi connectivity index (χ2n) is 5.50. The van der Waals surface area contributed by atoms with Gasteiger partial charge in [-0.25, -0.2) is 4.68 Å². The SMILES string of the molecule is CCn1ncc(C)c1NC(=O)c1oc2cc(C)ccc2c1C. The number of amides is 1. The summed E-state index contributed by atoms with van der Waals surface area (Å²) in [4.78, 5) is 12.6. The number of furan rings is 1. The highest BCUT2D eigenvalue weighted by molar-refractivity contribution is 6.06. The van der Waals surface area contributed by atoms with Crippen molar-refractivity contribution in [2.45, 2.75) is 34.2 Å². The third-order valence-electron chi connectivity index (χ3n) is 3.85. The van der Waals surface area contributed by atoms with E-state index in [2.05, 4.69) is 10.4 Å². The molecule has 0 aliphatic rings. The van der Waals surface area contributed by atoms with Crippen molar-refractivity contribution >= 4 is 22.7 Å². The van der Waals surface area contributed by atoms with Gasteiger partial charge in [-0.1, -0.05) is 12.1 Å². The molecule has 2 aromatic heterocycles. The van der Waals surface area contributed by atoms with E-state index in [4.69, 9.17) is 4.42 Å². The highest BCUT2D eigenvalue weighted by Crippen LogP contribution is 2.27. The third kappa shape index (κ3) is 2.28. The fourth-order valence-electron chi connectivity index (χ4n) is 2.60. The van der Waals surface area contributed by atoms with Gasteiger partial charge in [0.05, 0.1) is 6.20 Å². The van der Waals surface area contributed by atoms with Crippen LogP contribution in [0.2, 0.25) is 0 Å². The maximum atomic E-state index is 12.6. The van der Waals surface area contributed by atoms with Gasteiger partial charge in [0.25, 0.3) is 5.91 Å². The van der Waals surface area contributed by atoms with Gasteiger partial charge in [-0.05, 0) is 39.3 Å². The van der Waals surface area contributed by atoms with Gasteiger partial charge in [0, 0.05) is 23.1 Å². The number of nitrogens with zero attached hydrogens (tertiary/aromatic N) is 2. The predicted molar refractivity (Wildman–Crippen MR) is 86.3 cm³/mol. The summed E-state index contributed by atoms with van der Waals surface area (Å²) < 4.78 is 7.52. The van der Waals surface area contributed by atoms with Crippen LogP contribution in [-0.2, 0) is 6.54 Å². The molecule has 5 nitrogen and oxygen atoms in total. The van der Waals surface area contributed by atoms with E-state index < -0.39 is 0 Å². The van der Waals surface area contributed by atoms with Gasteiger partial charge in [0.2, 0.25) is 0 Å². The van der Waals surface area contributed by atoms with Crippen molar-refractivity contribution in [2.75, 3.05) is 5.32 Å². The zero-order valence-electron chi connectivity index (χ0n) is 13.2. The van der Waals surface area contributed by atoms with Crippen LogP contribution < -0.4 is 5.32 Å². The van der Waals surface area contributed by atoms with Crippen molar-refractivity contribution in [1.29, 1.82) is 0 Å². The van der Waals surface area contributed by atoms with E-state index in [0.717, 1.165) is 27.7 Å². The average molecular weight is 297 g/mol. The van der Waals surface area contributed by atoms with E-state index >= 15 is 0 Å². The molecule has 0 atom stereocenters. The lowest BCUT2D eigenvalue weighted by Gasteiger charge is -2.07. The van der Waals surface area contributed by atoms with Gasteiger partial charge in [-0.3, -0.25) is 4.79 Å². The summed E-state index contributed by atoms with van der Waals surface area (Å²) >= 11 is 0. The van der Waals surface area contributed by atoms with Gasteiger partial charge >= 0.3 is 0 Å². The third-order valence-corrected chi connectivity index (χ3v) is 3.85. The lowest BCUT2D eigenvalue weighted by molar-refractivity contribution is 0.0997. The maximum absolute atomic E-state index is 12.6. The Labute approximate surface area is 128 Å². The number of hydrogen-bond acceptors (Lipinski definition) is 3. The molecular weight excluding hydrogens is 278 g/mol. The normalized spacial score (nSPS) is 11.1. The Kier molecular flexibility index (Phi) is 3.48. The van der Waals surface area contributed by atoms with E-state index in [1.54, 1.807) is 10.9 Å². The number of fused-ring (bicyclic) bond motifs is 1. The van der Waals surface area contributed by atoms with Crippen LogP contribution in [0.5, 0.6) is 0 Å². The zero-order valence-corrected chi connectivity index (χ0v) is 13.2. The highest BCUT2D eigenvalue weighted by Gasteiger charge is 2.19. The van der Waals surface area contributed by atoms with Crippen LogP contribution in [0.25, 0.3) is 11.0 Å². The van der Waals surface area contributed by atoms with Gasteiger partial charge in [0.1, 0.15) is 11.4 Å². The Balaban J connectivity index is 1.99.